The molecule has 1 atom stereocenters. The summed E-state index contributed by atoms with van der Waals surface area (Å²) in [5.41, 5.74) is -2.43. The van der Waals surface area contributed by atoms with E-state index < -0.39 is 58.0 Å². The van der Waals surface area contributed by atoms with Gasteiger partial charge in [-0.1, -0.05) is 36.5 Å². The maximum absolute atomic E-state index is 14.3. The summed E-state index contributed by atoms with van der Waals surface area (Å²) < 4.78 is 43.8. The van der Waals surface area contributed by atoms with E-state index in [2.05, 4.69) is 10.4 Å². The van der Waals surface area contributed by atoms with Crippen molar-refractivity contribution >= 4 is 40.9 Å². The lowest BCUT2D eigenvalue weighted by Gasteiger charge is -2.45. The fraction of sp³-hybridized carbons (Fsp3) is 0.571. The van der Waals surface area contributed by atoms with E-state index in [9.17, 15) is 32.7 Å². The second-order valence-electron chi connectivity index (χ2n) is 11.7. The monoisotopic (exact) mass is 601 g/mol. The largest absolute Gasteiger partial charge is 0.481 e. The molecule has 0 radical (unpaired) electrons. The van der Waals surface area contributed by atoms with Crippen molar-refractivity contribution in [2.75, 3.05) is 0 Å². The number of Topliss-reactive ketones (excluding diaryl/α,β-unsaturated/α-hetero) is 1. The molecular weight excluding hydrogens is 570 g/mol. The summed E-state index contributed by atoms with van der Waals surface area (Å²) in [7, 11) is 0. The molecule has 2 fully saturated rings. The van der Waals surface area contributed by atoms with E-state index in [0.717, 1.165) is 22.9 Å². The number of carboxylic acid groups (broad SMARTS) is 1. The van der Waals surface area contributed by atoms with Gasteiger partial charge in [0.2, 0.25) is 0 Å². The number of rotatable bonds is 8. The molecule has 1 unspecified atom stereocenters. The van der Waals surface area contributed by atoms with Crippen LogP contribution < -0.4 is 5.32 Å². The van der Waals surface area contributed by atoms with E-state index >= 15 is 0 Å². The number of hydrogen-bond donors (Lipinski definition) is 2. The Labute approximate surface area is 240 Å². The number of benzene rings is 1. The van der Waals surface area contributed by atoms with Gasteiger partial charge in [-0.3, -0.25) is 19.1 Å². The zero-order chi connectivity index (χ0) is 29.6. The predicted octanol–water partition coefficient (Wildman–Crippen LogP) is 7.28. The molecule has 0 aliphatic heterocycles. The van der Waals surface area contributed by atoms with Gasteiger partial charge in [-0.2, -0.15) is 18.3 Å². The highest BCUT2D eigenvalue weighted by atomic mass is 35.5. The molecule has 2 N–H and O–H groups in total. The number of hydrogen-bond acceptors (Lipinski definition) is 4. The summed E-state index contributed by atoms with van der Waals surface area (Å²) in [6.07, 6.45) is -1.17. The van der Waals surface area contributed by atoms with E-state index in [1.54, 1.807) is 26.0 Å². The lowest BCUT2D eigenvalue weighted by Crippen LogP contribution is -2.51. The van der Waals surface area contributed by atoms with Gasteiger partial charge in [0, 0.05) is 12.5 Å². The highest BCUT2D eigenvalue weighted by Crippen LogP contribution is 2.46. The van der Waals surface area contributed by atoms with Crippen molar-refractivity contribution in [3.8, 4) is 0 Å². The fourth-order valence-corrected chi connectivity index (χ4v) is 6.64. The van der Waals surface area contributed by atoms with Crippen LogP contribution in [0.5, 0.6) is 0 Å². The molecule has 1 aromatic carbocycles. The van der Waals surface area contributed by atoms with E-state index in [-0.39, 0.29) is 47.7 Å². The normalized spacial score (nSPS) is 23.2. The highest BCUT2D eigenvalue weighted by molar-refractivity contribution is 6.40. The van der Waals surface area contributed by atoms with Gasteiger partial charge in [-0.25, -0.2) is 0 Å². The van der Waals surface area contributed by atoms with Crippen molar-refractivity contribution in [2.24, 2.45) is 10.8 Å². The van der Waals surface area contributed by atoms with Crippen LogP contribution in [0.1, 0.15) is 103 Å². The molecular formula is C28H32Cl2F3N3O4. The Balaban J connectivity index is 1.60. The maximum atomic E-state index is 14.3. The Morgan fingerprint density at radius 2 is 1.70 bits per heavy atom. The molecule has 1 heterocycles. The summed E-state index contributed by atoms with van der Waals surface area (Å²) >= 11 is 12.6. The average Bonchev–Trinajstić information content (AvgIpc) is 3.28. The molecule has 2 aromatic rings. The number of halogens is 5. The molecule has 2 aliphatic carbocycles. The first-order chi connectivity index (χ1) is 18.6. The maximum Gasteiger partial charge on any atom is 0.433 e. The predicted molar refractivity (Wildman–Crippen MR) is 144 cm³/mol. The van der Waals surface area contributed by atoms with Crippen LogP contribution in [0, 0.1) is 17.8 Å². The van der Waals surface area contributed by atoms with Crippen LogP contribution in [-0.4, -0.2) is 38.6 Å². The third kappa shape index (κ3) is 5.88. The van der Waals surface area contributed by atoms with Crippen LogP contribution in [0.15, 0.2) is 18.3 Å². The number of nitrogens with one attached hydrogen (secondary N) is 1. The molecule has 7 nitrogen and oxygen atoms in total. The summed E-state index contributed by atoms with van der Waals surface area (Å²) in [6, 6.07) is 1.75. The number of nitrogens with zero attached hydrogens (tertiary/aromatic N) is 2. The molecule has 218 valence electrons. The second kappa shape index (κ2) is 11.0. The molecule has 0 saturated heterocycles. The Morgan fingerprint density at radius 1 is 1.12 bits per heavy atom. The molecule has 0 bridgehead atoms. The van der Waals surface area contributed by atoms with Crippen molar-refractivity contribution in [3.05, 3.63) is 50.8 Å². The Bertz CT molecular complexity index is 1310. The second-order valence-corrected chi connectivity index (χ2v) is 12.5. The zero-order valence-corrected chi connectivity index (χ0v) is 24.0. The molecule has 1 amide bonds. The van der Waals surface area contributed by atoms with Crippen LogP contribution >= 0.6 is 23.2 Å². The minimum atomic E-state index is -4.88. The summed E-state index contributed by atoms with van der Waals surface area (Å²) in [5, 5.41) is 16.5. The van der Waals surface area contributed by atoms with Gasteiger partial charge < -0.3 is 10.4 Å². The Morgan fingerprint density at radius 3 is 2.17 bits per heavy atom. The third-order valence-electron chi connectivity index (χ3n) is 8.73. The van der Waals surface area contributed by atoms with E-state index in [4.69, 9.17) is 23.2 Å². The van der Waals surface area contributed by atoms with Crippen LogP contribution in [-0.2, 0) is 11.0 Å². The fourth-order valence-electron chi connectivity index (χ4n) is 5.83. The van der Waals surface area contributed by atoms with Crippen LogP contribution in [0.4, 0.5) is 13.2 Å². The van der Waals surface area contributed by atoms with Crippen LogP contribution in [0.25, 0.3) is 0 Å². The van der Waals surface area contributed by atoms with Gasteiger partial charge >= 0.3 is 12.1 Å². The first kappa shape index (κ1) is 30.4. The number of aryl methyl sites for hydroxylation is 1. The van der Waals surface area contributed by atoms with Gasteiger partial charge in [0.1, 0.15) is 0 Å². The van der Waals surface area contributed by atoms with E-state index in [1.807, 2.05) is 6.92 Å². The molecule has 2 saturated carbocycles. The molecule has 2 aliphatic rings. The number of aromatic nitrogens is 2. The minimum absolute atomic E-state index is 0.116. The minimum Gasteiger partial charge on any atom is -0.481 e. The van der Waals surface area contributed by atoms with Gasteiger partial charge in [-0.05, 0) is 75.5 Å². The van der Waals surface area contributed by atoms with Gasteiger partial charge in [0.05, 0.1) is 38.8 Å². The third-order valence-corrected chi connectivity index (χ3v) is 9.32. The zero-order valence-electron chi connectivity index (χ0n) is 22.5. The Hall–Kier alpha value is -2.59. The first-order valence-corrected chi connectivity index (χ1v) is 14.0. The number of aliphatic carboxylic acids is 1. The summed E-state index contributed by atoms with van der Waals surface area (Å²) in [4.78, 5) is 38.3. The van der Waals surface area contributed by atoms with Gasteiger partial charge in [0.15, 0.2) is 11.5 Å². The molecule has 4 rings (SSSR count). The number of alkyl halides is 3. The van der Waals surface area contributed by atoms with E-state index in [1.165, 1.54) is 0 Å². The number of carbonyl (C=O) groups is 3. The highest BCUT2D eigenvalue weighted by Gasteiger charge is 2.46. The molecule has 12 heteroatoms. The lowest BCUT2D eigenvalue weighted by atomic mass is 9.64. The number of amides is 1. The standard InChI is InChI=1S/C28H32Cl2F3N3O4/c1-15-11-18(29)22(19(30)12-15)20(37)13-21(26(2)7-4-8-26)35-24(38)17-14-34-36(23(17)28(31,32)33)16-5-9-27(3,10-6-16)25(39)40/h11-12,14,16,21H,4-10,13H2,1-3H3,(H,35,38)(H,39,40). The number of ketones is 1. The Kier molecular flexibility index (Phi) is 8.36. The van der Waals surface area contributed by atoms with Gasteiger partial charge in [-0.15, -0.1) is 0 Å². The quantitative estimate of drug-likeness (QED) is 0.309. The van der Waals surface area contributed by atoms with Crippen molar-refractivity contribution < 1.29 is 32.7 Å². The smallest absolute Gasteiger partial charge is 0.433 e. The van der Waals surface area contributed by atoms with Crippen LogP contribution in [0.3, 0.4) is 0 Å². The van der Waals surface area contributed by atoms with Crippen molar-refractivity contribution in [3.63, 3.8) is 0 Å². The summed E-state index contributed by atoms with van der Waals surface area (Å²) in [5.74, 6) is -2.37. The van der Waals surface area contributed by atoms with Crippen molar-refractivity contribution in [1.29, 1.82) is 0 Å². The summed E-state index contributed by atoms with van der Waals surface area (Å²) in [6.45, 7) is 5.25. The van der Waals surface area contributed by atoms with Gasteiger partial charge in [0.25, 0.3) is 5.91 Å². The average molecular weight is 602 g/mol. The molecule has 40 heavy (non-hydrogen) atoms. The number of carboxylic acids is 1. The SMILES string of the molecule is Cc1cc(Cl)c(C(=O)CC(NC(=O)c2cnn(C3CCC(C)(C(=O)O)CC3)c2C(F)(F)F)C2(C)CCC2)c(Cl)c1. The number of carbonyl (C=O) groups excluding carboxylic acids is 2. The topological polar surface area (TPSA) is 101 Å². The van der Waals surface area contributed by atoms with Crippen molar-refractivity contribution in [1.82, 2.24) is 15.1 Å². The molecule has 1 aromatic heterocycles. The first-order valence-electron chi connectivity index (χ1n) is 13.2. The van der Waals surface area contributed by atoms with Crippen molar-refractivity contribution in [2.45, 2.75) is 90.4 Å². The lowest BCUT2D eigenvalue weighted by molar-refractivity contribution is -0.152. The van der Waals surface area contributed by atoms with E-state index in [0.29, 0.717) is 12.8 Å². The van der Waals surface area contributed by atoms with Crippen LogP contribution in [0.2, 0.25) is 10.0 Å². The molecule has 0 spiro atoms.